The molecule has 1 aliphatic heterocycles. The van der Waals surface area contributed by atoms with E-state index in [0.717, 1.165) is 0 Å². The Balaban J connectivity index is 1.47. The number of nitrogens with zero attached hydrogens (tertiary/aromatic N) is 4. The van der Waals surface area contributed by atoms with Gasteiger partial charge >= 0.3 is 6.03 Å². The third kappa shape index (κ3) is 4.84. The minimum atomic E-state index is -0.693. The summed E-state index contributed by atoms with van der Waals surface area (Å²) in [5.74, 6) is 0.443. The molecule has 3 rings (SSSR count). The van der Waals surface area contributed by atoms with Crippen molar-refractivity contribution in [1.82, 2.24) is 20.2 Å². The predicted molar refractivity (Wildman–Crippen MR) is 101 cm³/mol. The molecule has 0 bridgehead atoms. The first-order valence-electron chi connectivity index (χ1n) is 8.70. The van der Waals surface area contributed by atoms with Crippen molar-refractivity contribution in [2.75, 3.05) is 36.4 Å². The highest BCUT2D eigenvalue weighted by Crippen LogP contribution is 2.14. The molecular weight excluding hydrogens is 348 g/mol. The number of piperazine rings is 1. The second kappa shape index (κ2) is 8.35. The number of urea groups is 1. The van der Waals surface area contributed by atoms with Gasteiger partial charge in [-0.1, -0.05) is 0 Å². The van der Waals surface area contributed by atoms with Crippen LogP contribution in [-0.4, -0.2) is 64.1 Å². The number of carbonyl (C=O) groups excluding carboxylic acids is 2. The Kier molecular flexibility index (Phi) is 5.70. The van der Waals surface area contributed by atoms with Gasteiger partial charge in [-0.3, -0.25) is 4.79 Å². The Bertz CT molecular complexity index is 775. The molecule has 0 radical (unpaired) electrons. The smallest absolute Gasteiger partial charge is 0.318 e. The van der Waals surface area contributed by atoms with Gasteiger partial charge in [0.25, 0.3) is 0 Å². The molecule has 1 fully saturated rings. The first kappa shape index (κ1) is 18.4. The molecule has 2 heterocycles. The Labute approximate surface area is 157 Å². The zero-order valence-corrected chi connectivity index (χ0v) is 15.0. The van der Waals surface area contributed by atoms with Crippen LogP contribution in [0.5, 0.6) is 5.75 Å². The van der Waals surface area contributed by atoms with Crippen LogP contribution in [0.1, 0.15) is 6.92 Å². The predicted octanol–water partition coefficient (Wildman–Crippen LogP) is 1.04. The maximum absolute atomic E-state index is 12.4. The molecule has 2 aromatic rings. The molecule has 1 atom stereocenters. The fourth-order valence-electron chi connectivity index (χ4n) is 2.70. The average molecular weight is 370 g/mol. The zero-order chi connectivity index (χ0) is 19.2. The van der Waals surface area contributed by atoms with E-state index in [1.807, 2.05) is 4.90 Å². The van der Waals surface area contributed by atoms with Gasteiger partial charge in [0.1, 0.15) is 11.8 Å². The summed E-state index contributed by atoms with van der Waals surface area (Å²) in [6.07, 6.45) is 3.38. The van der Waals surface area contributed by atoms with E-state index in [9.17, 15) is 14.7 Å². The van der Waals surface area contributed by atoms with Gasteiger partial charge < -0.3 is 25.5 Å². The van der Waals surface area contributed by atoms with E-state index in [0.29, 0.717) is 37.8 Å². The van der Waals surface area contributed by atoms with Crippen LogP contribution in [-0.2, 0) is 4.79 Å². The zero-order valence-electron chi connectivity index (χ0n) is 15.0. The van der Waals surface area contributed by atoms with Crippen molar-refractivity contribution in [2.45, 2.75) is 13.0 Å². The SMILES string of the molecule is C[C@H](NC(=O)N1CCN(c2ncccn2)CC1)C(=O)Nc1ccc(O)cc1. The lowest BCUT2D eigenvalue weighted by Gasteiger charge is -2.35. The topological polar surface area (TPSA) is 111 Å². The number of nitrogens with one attached hydrogen (secondary N) is 2. The second-order valence-corrected chi connectivity index (χ2v) is 6.23. The lowest BCUT2D eigenvalue weighted by Crippen LogP contribution is -2.55. The van der Waals surface area contributed by atoms with Crippen molar-refractivity contribution in [3.63, 3.8) is 0 Å². The van der Waals surface area contributed by atoms with Gasteiger partial charge in [-0.25, -0.2) is 14.8 Å². The van der Waals surface area contributed by atoms with Crippen molar-refractivity contribution in [1.29, 1.82) is 0 Å². The number of aromatic hydroxyl groups is 1. The number of phenols is 1. The molecule has 1 aliphatic rings. The van der Waals surface area contributed by atoms with Gasteiger partial charge in [-0.05, 0) is 37.3 Å². The lowest BCUT2D eigenvalue weighted by molar-refractivity contribution is -0.117. The maximum Gasteiger partial charge on any atom is 0.318 e. The van der Waals surface area contributed by atoms with Crippen LogP contribution in [0.2, 0.25) is 0 Å². The number of rotatable bonds is 4. The van der Waals surface area contributed by atoms with Gasteiger partial charge in [-0.15, -0.1) is 0 Å². The third-order valence-electron chi connectivity index (χ3n) is 4.27. The fourth-order valence-corrected chi connectivity index (χ4v) is 2.70. The van der Waals surface area contributed by atoms with Gasteiger partial charge in [0, 0.05) is 44.3 Å². The normalized spacial score (nSPS) is 15.1. The first-order chi connectivity index (χ1) is 13.0. The first-order valence-corrected chi connectivity index (χ1v) is 8.70. The number of benzene rings is 1. The van der Waals surface area contributed by atoms with Gasteiger partial charge in [0.2, 0.25) is 11.9 Å². The van der Waals surface area contributed by atoms with Gasteiger partial charge in [-0.2, -0.15) is 0 Å². The summed E-state index contributed by atoms with van der Waals surface area (Å²) in [6, 6.07) is 6.93. The number of anilines is 2. The van der Waals surface area contributed by atoms with Gasteiger partial charge in [0.05, 0.1) is 0 Å². The van der Waals surface area contributed by atoms with Crippen molar-refractivity contribution in [3.05, 3.63) is 42.7 Å². The van der Waals surface area contributed by atoms with Gasteiger partial charge in [0.15, 0.2) is 0 Å². The Hall–Kier alpha value is -3.36. The summed E-state index contributed by atoms with van der Waals surface area (Å²) in [7, 11) is 0. The number of hydrogen-bond donors (Lipinski definition) is 3. The molecule has 0 aliphatic carbocycles. The summed E-state index contributed by atoms with van der Waals surface area (Å²) < 4.78 is 0. The third-order valence-corrected chi connectivity index (χ3v) is 4.27. The minimum absolute atomic E-state index is 0.120. The van der Waals surface area contributed by atoms with E-state index in [-0.39, 0.29) is 17.7 Å². The number of phenolic OH excluding ortho intramolecular Hbond substituents is 1. The highest BCUT2D eigenvalue weighted by atomic mass is 16.3. The minimum Gasteiger partial charge on any atom is -0.508 e. The van der Waals surface area contributed by atoms with E-state index < -0.39 is 6.04 Å². The molecule has 1 aromatic carbocycles. The highest BCUT2D eigenvalue weighted by molar-refractivity contribution is 5.96. The number of amides is 3. The fraction of sp³-hybridized carbons (Fsp3) is 0.333. The van der Waals surface area contributed by atoms with E-state index >= 15 is 0 Å². The van der Waals surface area contributed by atoms with Crippen molar-refractivity contribution in [2.24, 2.45) is 0 Å². The Morgan fingerprint density at radius 1 is 1.07 bits per heavy atom. The van der Waals surface area contributed by atoms with E-state index in [1.165, 1.54) is 12.1 Å². The summed E-state index contributed by atoms with van der Waals surface area (Å²) in [4.78, 5) is 36.7. The maximum atomic E-state index is 12.4. The molecule has 9 nitrogen and oxygen atoms in total. The molecule has 0 saturated carbocycles. The van der Waals surface area contributed by atoms with E-state index in [1.54, 1.807) is 42.4 Å². The number of aromatic nitrogens is 2. The lowest BCUT2D eigenvalue weighted by atomic mass is 10.2. The monoisotopic (exact) mass is 370 g/mol. The molecule has 3 N–H and O–H groups in total. The molecule has 142 valence electrons. The van der Waals surface area contributed by atoms with Crippen LogP contribution in [0, 0.1) is 0 Å². The van der Waals surface area contributed by atoms with Crippen LogP contribution in [0.25, 0.3) is 0 Å². The summed E-state index contributed by atoms with van der Waals surface area (Å²) in [6.45, 7) is 3.94. The van der Waals surface area contributed by atoms with Crippen LogP contribution in [0.3, 0.4) is 0 Å². The molecule has 3 amide bonds. The summed E-state index contributed by atoms with van der Waals surface area (Å²) in [5.41, 5.74) is 0.551. The average Bonchev–Trinajstić information content (AvgIpc) is 2.70. The van der Waals surface area contributed by atoms with Crippen LogP contribution >= 0.6 is 0 Å². The number of hydrogen-bond acceptors (Lipinski definition) is 6. The Morgan fingerprint density at radius 3 is 2.33 bits per heavy atom. The number of carbonyl (C=O) groups is 2. The molecule has 0 unspecified atom stereocenters. The van der Waals surface area contributed by atoms with E-state index in [4.69, 9.17) is 0 Å². The molecular formula is C18H22N6O3. The highest BCUT2D eigenvalue weighted by Gasteiger charge is 2.24. The standard InChI is InChI=1S/C18H22N6O3/c1-13(16(26)22-14-3-5-15(25)6-4-14)21-18(27)24-11-9-23(10-12-24)17-19-7-2-8-20-17/h2-8,13,25H,9-12H2,1H3,(H,21,27)(H,22,26)/t13-/m0/s1. The van der Waals surface area contributed by atoms with Crippen molar-refractivity contribution in [3.8, 4) is 5.75 Å². The van der Waals surface area contributed by atoms with Crippen molar-refractivity contribution >= 4 is 23.6 Å². The molecule has 0 spiro atoms. The quantitative estimate of drug-likeness (QED) is 0.694. The molecule has 9 heteroatoms. The van der Waals surface area contributed by atoms with Crippen LogP contribution in [0.15, 0.2) is 42.7 Å². The molecule has 1 aromatic heterocycles. The summed E-state index contributed by atoms with van der Waals surface area (Å²) >= 11 is 0. The van der Waals surface area contributed by atoms with Crippen molar-refractivity contribution < 1.29 is 14.7 Å². The molecule has 27 heavy (non-hydrogen) atoms. The Morgan fingerprint density at radius 2 is 1.70 bits per heavy atom. The van der Waals surface area contributed by atoms with E-state index in [2.05, 4.69) is 20.6 Å². The van der Waals surface area contributed by atoms with Crippen LogP contribution < -0.4 is 15.5 Å². The van der Waals surface area contributed by atoms with Crippen LogP contribution in [0.4, 0.5) is 16.4 Å². The second-order valence-electron chi connectivity index (χ2n) is 6.23. The summed E-state index contributed by atoms with van der Waals surface area (Å²) in [5, 5.41) is 14.7. The largest absolute Gasteiger partial charge is 0.508 e. The molecule has 1 saturated heterocycles.